The molecule has 1 aromatic rings. The number of carboxylic acids is 1. The van der Waals surface area contributed by atoms with Gasteiger partial charge >= 0.3 is 12.6 Å². The summed E-state index contributed by atoms with van der Waals surface area (Å²) in [5, 5.41) is 8.62. The fourth-order valence-electron chi connectivity index (χ4n) is 1.06. The Morgan fingerprint density at radius 1 is 1.38 bits per heavy atom. The summed E-state index contributed by atoms with van der Waals surface area (Å²) in [6.07, 6.45) is 1.44. The van der Waals surface area contributed by atoms with Gasteiger partial charge in [0, 0.05) is 5.57 Å². The number of benzene rings is 1. The summed E-state index contributed by atoms with van der Waals surface area (Å²) in [5.74, 6) is -0.979. The smallest absolute Gasteiger partial charge is 0.387 e. The summed E-state index contributed by atoms with van der Waals surface area (Å²) < 4.78 is 27.8. The summed E-state index contributed by atoms with van der Waals surface area (Å²) in [7, 11) is 0. The lowest BCUT2D eigenvalue weighted by Gasteiger charge is -2.04. The first-order chi connectivity index (χ1) is 7.49. The van der Waals surface area contributed by atoms with Crippen LogP contribution >= 0.6 is 0 Å². The van der Waals surface area contributed by atoms with E-state index in [0.717, 1.165) is 0 Å². The van der Waals surface area contributed by atoms with Crippen molar-refractivity contribution in [2.45, 2.75) is 13.5 Å². The Kier molecular flexibility index (Phi) is 3.99. The standard InChI is InChI=1S/C11H10F2O3/c1-7(10(14)15)6-8-2-4-9(5-3-8)16-11(12)13/h2-6,11H,1H3,(H,14,15). The molecule has 0 spiro atoms. The molecular weight excluding hydrogens is 218 g/mol. The predicted molar refractivity (Wildman–Crippen MR) is 54.4 cm³/mol. The van der Waals surface area contributed by atoms with Crippen molar-refractivity contribution in [3.8, 4) is 5.75 Å². The van der Waals surface area contributed by atoms with Gasteiger partial charge in [-0.1, -0.05) is 12.1 Å². The molecule has 0 heterocycles. The van der Waals surface area contributed by atoms with Crippen molar-refractivity contribution in [3.63, 3.8) is 0 Å². The highest BCUT2D eigenvalue weighted by atomic mass is 19.3. The second-order valence-electron chi connectivity index (χ2n) is 3.08. The number of ether oxygens (including phenoxy) is 1. The van der Waals surface area contributed by atoms with Crippen LogP contribution in [0.1, 0.15) is 12.5 Å². The molecule has 1 rings (SSSR count). The average Bonchev–Trinajstić information content (AvgIpc) is 2.20. The monoisotopic (exact) mass is 228 g/mol. The van der Waals surface area contributed by atoms with Crippen molar-refractivity contribution < 1.29 is 23.4 Å². The fourth-order valence-corrected chi connectivity index (χ4v) is 1.06. The number of carboxylic acid groups (broad SMARTS) is 1. The second-order valence-corrected chi connectivity index (χ2v) is 3.08. The molecule has 0 fully saturated rings. The van der Waals surface area contributed by atoms with Crippen LogP contribution in [0.5, 0.6) is 5.75 Å². The Balaban J connectivity index is 2.79. The first-order valence-corrected chi connectivity index (χ1v) is 4.45. The zero-order valence-electron chi connectivity index (χ0n) is 8.48. The fraction of sp³-hybridized carbons (Fsp3) is 0.182. The Morgan fingerprint density at radius 3 is 2.38 bits per heavy atom. The number of hydrogen-bond donors (Lipinski definition) is 1. The van der Waals surface area contributed by atoms with Crippen LogP contribution in [0.15, 0.2) is 29.8 Å². The first-order valence-electron chi connectivity index (χ1n) is 4.45. The molecule has 0 saturated carbocycles. The molecule has 1 aromatic carbocycles. The van der Waals surface area contributed by atoms with Crippen LogP contribution in [0.4, 0.5) is 8.78 Å². The Morgan fingerprint density at radius 2 is 1.94 bits per heavy atom. The lowest BCUT2D eigenvalue weighted by molar-refractivity contribution is -0.132. The van der Waals surface area contributed by atoms with E-state index in [4.69, 9.17) is 5.11 Å². The first kappa shape index (κ1) is 12.2. The van der Waals surface area contributed by atoms with Crippen LogP contribution in [-0.4, -0.2) is 17.7 Å². The van der Waals surface area contributed by atoms with Gasteiger partial charge in [0.25, 0.3) is 0 Å². The number of alkyl halides is 2. The molecule has 0 radical (unpaired) electrons. The lowest BCUT2D eigenvalue weighted by atomic mass is 10.1. The summed E-state index contributed by atoms with van der Waals surface area (Å²) in [6, 6.07) is 5.72. The van der Waals surface area contributed by atoms with E-state index in [9.17, 15) is 13.6 Å². The number of rotatable bonds is 4. The SMILES string of the molecule is CC(=Cc1ccc(OC(F)F)cc1)C(=O)O. The minimum Gasteiger partial charge on any atom is -0.478 e. The second kappa shape index (κ2) is 5.25. The van der Waals surface area contributed by atoms with E-state index in [0.29, 0.717) is 5.56 Å². The summed E-state index contributed by atoms with van der Waals surface area (Å²) in [4.78, 5) is 10.5. The Hall–Kier alpha value is -1.91. The molecule has 0 saturated heterocycles. The number of carbonyl (C=O) groups is 1. The van der Waals surface area contributed by atoms with Crippen molar-refractivity contribution in [2.75, 3.05) is 0 Å². The van der Waals surface area contributed by atoms with Crippen molar-refractivity contribution in [1.29, 1.82) is 0 Å². The highest BCUT2D eigenvalue weighted by Crippen LogP contribution is 2.16. The van der Waals surface area contributed by atoms with Gasteiger partial charge in [-0.25, -0.2) is 4.79 Å². The molecule has 1 N–H and O–H groups in total. The predicted octanol–water partition coefficient (Wildman–Crippen LogP) is 2.78. The van der Waals surface area contributed by atoms with E-state index in [-0.39, 0.29) is 11.3 Å². The molecule has 0 unspecified atom stereocenters. The van der Waals surface area contributed by atoms with Gasteiger partial charge in [-0.05, 0) is 30.7 Å². The molecular formula is C11H10F2O3. The van der Waals surface area contributed by atoms with Crippen LogP contribution in [0.25, 0.3) is 6.08 Å². The van der Waals surface area contributed by atoms with Crippen molar-refractivity contribution in [1.82, 2.24) is 0 Å². The molecule has 0 amide bonds. The molecule has 0 bridgehead atoms. The van der Waals surface area contributed by atoms with Crippen LogP contribution in [0.2, 0.25) is 0 Å². The van der Waals surface area contributed by atoms with E-state index in [1.807, 2.05) is 0 Å². The van der Waals surface area contributed by atoms with Gasteiger partial charge in [0.1, 0.15) is 5.75 Å². The lowest BCUT2D eigenvalue weighted by Crippen LogP contribution is -2.01. The molecule has 0 aromatic heterocycles. The minimum atomic E-state index is -2.86. The molecule has 0 aliphatic carbocycles. The maximum absolute atomic E-state index is 11.8. The number of halogens is 2. The maximum atomic E-state index is 11.8. The normalized spacial score (nSPS) is 11.6. The maximum Gasteiger partial charge on any atom is 0.387 e. The third-order valence-electron chi connectivity index (χ3n) is 1.83. The number of hydrogen-bond acceptors (Lipinski definition) is 2. The van der Waals surface area contributed by atoms with Crippen LogP contribution in [0.3, 0.4) is 0 Å². The van der Waals surface area contributed by atoms with Gasteiger partial charge in [-0.3, -0.25) is 0 Å². The molecule has 0 aliphatic rings. The zero-order chi connectivity index (χ0) is 12.1. The molecule has 0 aliphatic heterocycles. The Labute approximate surface area is 91.0 Å². The summed E-state index contributed by atoms with van der Waals surface area (Å²) in [6.45, 7) is -1.41. The van der Waals surface area contributed by atoms with Gasteiger partial charge < -0.3 is 9.84 Å². The zero-order valence-corrected chi connectivity index (χ0v) is 8.48. The Bertz CT molecular complexity index is 396. The van der Waals surface area contributed by atoms with Gasteiger partial charge in [0.2, 0.25) is 0 Å². The van der Waals surface area contributed by atoms with Gasteiger partial charge in [-0.2, -0.15) is 8.78 Å². The average molecular weight is 228 g/mol. The van der Waals surface area contributed by atoms with E-state index in [2.05, 4.69) is 4.74 Å². The van der Waals surface area contributed by atoms with Crippen molar-refractivity contribution in [3.05, 3.63) is 35.4 Å². The van der Waals surface area contributed by atoms with E-state index in [1.165, 1.54) is 37.3 Å². The topological polar surface area (TPSA) is 46.5 Å². The van der Waals surface area contributed by atoms with Crippen LogP contribution in [0, 0.1) is 0 Å². The van der Waals surface area contributed by atoms with Crippen LogP contribution in [-0.2, 0) is 4.79 Å². The summed E-state index contributed by atoms with van der Waals surface area (Å²) in [5.41, 5.74) is 0.782. The van der Waals surface area contributed by atoms with Gasteiger partial charge in [0.05, 0.1) is 0 Å². The molecule has 16 heavy (non-hydrogen) atoms. The van der Waals surface area contributed by atoms with E-state index in [1.54, 1.807) is 0 Å². The van der Waals surface area contributed by atoms with Gasteiger partial charge in [-0.15, -0.1) is 0 Å². The molecule has 3 nitrogen and oxygen atoms in total. The van der Waals surface area contributed by atoms with E-state index >= 15 is 0 Å². The third-order valence-corrected chi connectivity index (χ3v) is 1.83. The quantitative estimate of drug-likeness (QED) is 0.806. The largest absolute Gasteiger partial charge is 0.478 e. The van der Waals surface area contributed by atoms with E-state index < -0.39 is 12.6 Å². The van der Waals surface area contributed by atoms with Gasteiger partial charge in [0.15, 0.2) is 0 Å². The third kappa shape index (κ3) is 3.68. The highest BCUT2D eigenvalue weighted by molar-refractivity contribution is 5.91. The minimum absolute atomic E-state index is 0.0418. The van der Waals surface area contributed by atoms with Crippen molar-refractivity contribution >= 4 is 12.0 Å². The molecule has 0 atom stereocenters. The van der Waals surface area contributed by atoms with Crippen molar-refractivity contribution in [2.24, 2.45) is 0 Å². The van der Waals surface area contributed by atoms with Crippen LogP contribution < -0.4 is 4.74 Å². The number of aliphatic carboxylic acids is 1. The molecule has 5 heteroatoms. The summed E-state index contributed by atoms with van der Waals surface area (Å²) >= 11 is 0. The highest BCUT2D eigenvalue weighted by Gasteiger charge is 2.04. The molecule has 86 valence electrons.